The van der Waals surface area contributed by atoms with Gasteiger partial charge in [0, 0.05) is 32.9 Å². The van der Waals surface area contributed by atoms with Crippen LogP contribution in [0.5, 0.6) is 0 Å². The molecule has 17 heavy (non-hydrogen) atoms. The minimum atomic E-state index is -0.693. The highest BCUT2D eigenvalue weighted by molar-refractivity contribution is 5.47. The number of anilines is 2. The number of methoxy groups -OCH3 is 1. The van der Waals surface area contributed by atoms with E-state index in [2.05, 4.69) is 15.6 Å². The van der Waals surface area contributed by atoms with Crippen LogP contribution in [0.1, 0.15) is 13.3 Å². The average molecular weight is 245 g/mol. The van der Waals surface area contributed by atoms with Crippen LogP contribution in [0.2, 0.25) is 0 Å². The Morgan fingerprint density at radius 3 is 2.47 bits per heavy atom. The molecular weight excluding hydrogens is 228 g/mol. The fraction of sp³-hybridized carbons (Fsp3) is 0.545. The molecule has 4 nitrogen and oxygen atoms in total. The number of aromatic nitrogens is 1. The van der Waals surface area contributed by atoms with Crippen LogP contribution in [-0.2, 0) is 4.74 Å². The zero-order valence-corrected chi connectivity index (χ0v) is 10.0. The molecule has 0 amide bonds. The summed E-state index contributed by atoms with van der Waals surface area (Å²) in [5.74, 6) is -1.27. The maximum Gasteiger partial charge on any atom is 0.168 e. The molecule has 1 aromatic heterocycles. The number of nitrogens with one attached hydrogen (secondary N) is 2. The summed E-state index contributed by atoms with van der Waals surface area (Å²) in [5.41, 5.74) is 0. The third-order valence-electron chi connectivity index (χ3n) is 2.09. The molecule has 0 saturated heterocycles. The molecule has 0 saturated carbocycles. The van der Waals surface area contributed by atoms with Crippen molar-refractivity contribution >= 4 is 11.6 Å². The average Bonchev–Trinajstić information content (AvgIpc) is 2.30. The Kier molecular flexibility index (Phi) is 5.62. The third kappa shape index (κ3) is 4.14. The van der Waals surface area contributed by atoms with E-state index < -0.39 is 11.6 Å². The molecule has 96 valence electrons. The van der Waals surface area contributed by atoms with Crippen molar-refractivity contribution in [2.75, 3.05) is 37.4 Å². The second-order valence-corrected chi connectivity index (χ2v) is 3.45. The molecule has 1 rings (SSSR count). The van der Waals surface area contributed by atoms with Crippen molar-refractivity contribution in [3.63, 3.8) is 0 Å². The smallest absolute Gasteiger partial charge is 0.168 e. The molecule has 0 aliphatic rings. The first-order valence-corrected chi connectivity index (χ1v) is 5.51. The van der Waals surface area contributed by atoms with Crippen LogP contribution >= 0.6 is 0 Å². The highest BCUT2D eigenvalue weighted by Crippen LogP contribution is 2.18. The summed E-state index contributed by atoms with van der Waals surface area (Å²) in [6.07, 6.45) is 0.728. The van der Waals surface area contributed by atoms with Crippen molar-refractivity contribution in [3.05, 3.63) is 17.7 Å². The van der Waals surface area contributed by atoms with Crippen LogP contribution in [0.3, 0.4) is 0 Å². The van der Waals surface area contributed by atoms with E-state index in [1.807, 2.05) is 6.92 Å². The quantitative estimate of drug-likeness (QED) is 0.723. The van der Waals surface area contributed by atoms with E-state index in [0.717, 1.165) is 12.5 Å². The van der Waals surface area contributed by atoms with Gasteiger partial charge in [-0.2, -0.15) is 0 Å². The lowest BCUT2D eigenvalue weighted by atomic mass is 10.3. The van der Waals surface area contributed by atoms with E-state index in [0.29, 0.717) is 19.7 Å². The Hall–Kier alpha value is -1.43. The first-order chi connectivity index (χ1) is 8.19. The minimum Gasteiger partial charge on any atom is -0.385 e. The molecule has 2 N–H and O–H groups in total. The Morgan fingerprint density at radius 1 is 1.24 bits per heavy atom. The van der Waals surface area contributed by atoms with Crippen molar-refractivity contribution in [1.82, 2.24) is 4.98 Å². The largest absolute Gasteiger partial charge is 0.385 e. The van der Waals surface area contributed by atoms with Gasteiger partial charge < -0.3 is 15.4 Å². The van der Waals surface area contributed by atoms with Gasteiger partial charge in [-0.05, 0) is 13.3 Å². The van der Waals surface area contributed by atoms with Crippen molar-refractivity contribution < 1.29 is 13.5 Å². The van der Waals surface area contributed by atoms with Crippen LogP contribution < -0.4 is 10.6 Å². The second kappa shape index (κ2) is 7.01. The molecular formula is C11H17F2N3O. The van der Waals surface area contributed by atoms with E-state index in [1.165, 1.54) is 0 Å². The molecule has 0 aliphatic carbocycles. The van der Waals surface area contributed by atoms with Crippen molar-refractivity contribution in [2.45, 2.75) is 13.3 Å². The van der Waals surface area contributed by atoms with Gasteiger partial charge in [0.25, 0.3) is 0 Å². The number of nitrogens with zero attached hydrogens (tertiary/aromatic N) is 1. The van der Waals surface area contributed by atoms with Gasteiger partial charge >= 0.3 is 0 Å². The summed E-state index contributed by atoms with van der Waals surface area (Å²) in [6, 6.07) is 0.823. The van der Waals surface area contributed by atoms with Crippen molar-refractivity contribution in [3.8, 4) is 0 Å². The Labute approximate surface area is 99.4 Å². The van der Waals surface area contributed by atoms with Gasteiger partial charge in [-0.25, -0.2) is 13.8 Å². The molecule has 6 heteroatoms. The lowest BCUT2D eigenvalue weighted by Crippen LogP contribution is -2.10. The number of rotatable bonds is 7. The minimum absolute atomic E-state index is 0.0541. The van der Waals surface area contributed by atoms with E-state index >= 15 is 0 Å². The Balaban J connectivity index is 2.66. The Morgan fingerprint density at radius 2 is 1.88 bits per heavy atom. The molecule has 0 spiro atoms. The maximum absolute atomic E-state index is 13.4. The first-order valence-electron chi connectivity index (χ1n) is 5.51. The zero-order valence-electron chi connectivity index (χ0n) is 10.0. The zero-order chi connectivity index (χ0) is 12.7. The molecule has 1 heterocycles. The number of ether oxygens (including phenoxy) is 1. The summed E-state index contributed by atoms with van der Waals surface area (Å²) in [6.45, 7) is 3.44. The van der Waals surface area contributed by atoms with Gasteiger partial charge in [-0.1, -0.05) is 0 Å². The van der Waals surface area contributed by atoms with E-state index in [1.54, 1.807) is 7.11 Å². The van der Waals surface area contributed by atoms with E-state index in [9.17, 15) is 8.78 Å². The van der Waals surface area contributed by atoms with Crippen LogP contribution in [0.4, 0.5) is 20.4 Å². The van der Waals surface area contributed by atoms with Crippen LogP contribution in [0.15, 0.2) is 6.07 Å². The van der Waals surface area contributed by atoms with Gasteiger partial charge in [0.05, 0.1) is 0 Å². The summed E-state index contributed by atoms with van der Waals surface area (Å²) >= 11 is 0. The topological polar surface area (TPSA) is 46.2 Å². The summed E-state index contributed by atoms with van der Waals surface area (Å²) in [7, 11) is 1.60. The maximum atomic E-state index is 13.4. The molecule has 0 bridgehead atoms. The predicted octanol–water partition coefficient (Wildman–Crippen LogP) is 2.24. The fourth-order valence-electron chi connectivity index (χ4n) is 1.31. The van der Waals surface area contributed by atoms with Crippen LogP contribution in [0, 0.1) is 11.6 Å². The fourth-order valence-corrected chi connectivity index (χ4v) is 1.31. The molecule has 0 aromatic carbocycles. The molecule has 0 unspecified atom stereocenters. The second-order valence-electron chi connectivity index (χ2n) is 3.45. The third-order valence-corrected chi connectivity index (χ3v) is 2.09. The van der Waals surface area contributed by atoms with E-state index in [4.69, 9.17) is 4.74 Å². The standard InChI is InChI=1S/C11H17F2N3O/c1-3-14-10-8(12)7-9(13)11(16-10)15-5-4-6-17-2/h7H,3-6H2,1-2H3,(H2,14,15,16). The van der Waals surface area contributed by atoms with Gasteiger partial charge in [-0.3, -0.25) is 0 Å². The first kappa shape index (κ1) is 13.6. The van der Waals surface area contributed by atoms with Gasteiger partial charge in [0.2, 0.25) is 0 Å². The Bertz CT molecular complexity index is 361. The SMILES string of the molecule is CCNc1nc(NCCCOC)c(F)cc1F. The highest BCUT2D eigenvalue weighted by Gasteiger charge is 2.10. The number of halogens is 2. The highest BCUT2D eigenvalue weighted by atomic mass is 19.1. The van der Waals surface area contributed by atoms with Crippen molar-refractivity contribution in [1.29, 1.82) is 0 Å². The number of pyridine rings is 1. The van der Waals surface area contributed by atoms with Gasteiger partial charge in [0.15, 0.2) is 23.3 Å². The molecule has 0 aliphatic heterocycles. The predicted molar refractivity (Wildman–Crippen MR) is 63.3 cm³/mol. The summed E-state index contributed by atoms with van der Waals surface area (Å²) < 4.78 is 31.5. The van der Waals surface area contributed by atoms with Crippen LogP contribution in [-0.4, -0.2) is 31.8 Å². The van der Waals surface area contributed by atoms with Gasteiger partial charge in [-0.15, -0.1) is 0 Å². The summed E-state index contributed by atoms with van der Waals surface area (Å²) in [4.78, 5) is 3.85. The molecule has 1 aromatic rings. The van der Waals surface area contributed by atoms with Crippen LogP contribution in [0.25, 0.3) is 0 Å². The summed E-state index contributed by atoms with van der Waals surface area (Å²) in [5, 5.41) is 5.53. The molecule has 0 radical (unpaired) electrons. The van der Waals surface area contributed by atoms with Gasteiger partial charge in [0.1, 0.15) is 0 Å². The van der Waals surface area contributed by atoms with E-state index in [-0.39, 0.29) is 11.6 Å². The molecule has 0 atom stereocenters. The lowest BCUT2D eigenvalue weighted by Gasteiger charge is -2.10. The van der Waals surface area contributed by atoms with Crippen molar-refractivity contribution in [2.24, 2.45) is 0 Å². The molecule has 0 fully saturated rings. The lowest BCUT2D eigenvalue weighted by molar-refractivity contribution is 0.197. The monoisotopic (exact) mass is 245 g/mol. The number of hydrogen-bond acceptors (Lipinski definition) is 4. The number of hydrogen-bond donors (Lipinski definition) is 2. The normalized spacial score (nSPS) is 10.4.